The quantitative estimate of drug-likeness (QED) is 0.385. The van der Waals surface area contributed by atoms with Crippen LogP contribution < -0.4 is 11.1 Å². The molecule has 2 unspecified atom stereocenters. The van der Waals surface area contributed by atoms with Crippen LogP contribution in [0.4, 0.5) is 0 Å². The van der Waals surface area contributed by atoms with Gasteiger partial charge < -0.3 is 25.7 Å². The Morgan fingerprint density at radius 1 is 1.16 bits per heavy atom. The van der Waals surface area contributed by atoms with Crippen LogP contribution in [0.5, 0.6) is 5.75 Å². The molecule has 2 fully saturated rings. The highest BCUT2D eigenvalue weighted by atomic mass is 16.3. The number of aliphatic hydroxyl groups is 1. The summed E-state index contributed by atoms with van der Waals surface area (Å²) in [6.45, 7) is 0.485. The molecule has 1 aromatic carbocycles. The number of Topliss-reactive ketones (excluding diaryl/α,β-unsaturated/α-hetero) is 4. The molecule has 0 aliphatic heterocycles. The van der Waals surface area contributed by atoms with E-state index in [0.29, 0.717) is 29.2 Å². The Labute approximate surface area is 218 Å². The predicted molar refractivity (Wildman–Crippen MR) is 132 cm³/mol. The first kappa shape index (κ1) is 26.0. The third kappa shape index (κ3) is 3.49. The smallest absolute Gasteiger partial charge is 0.235 e. The maximum Gasteiger partial charge on any atom is 0.235 e. The minimum atomic E-state index is -2.74. The summed E-state index contributed by atoms with van der Waals surface area (Å²) in [6, 6.07) is 5.38. The number of benzene rings is 1. The fraction of sp³-hybridized carbons (Fsp3) is 0.444. The van der Waals surface area contributed by atoms with Crippen molar-refractivity contribution in [3.63, 3.8) is 0 Å². The summed E-state index contributed by atoms with van der Waals surface area (Å²) in [7, 11) is 4.87. The third-order valence-electron chi connectivity index (χ3n) is 8.22. The number of nitrogens with zero attached hydrogens (tertiary/aromatic N) is 1. The number of hydrogen-bond donors (Lipinski definition) is 4. The molecule has 2 aromatic rings. The number of amides is 1. The highest BCUT2D eigenvalue weighted by molar-refractivity contribution is 6.32. The van der Waals surface area contributed by atoms with E-state index in [-0.39, 0.29) is 24.2 Å². The normalized spacial score (nSPS) is 30.7. The van der Waals surface area contributed by atoms with Gasteiger partial charge in [0.05, 0.1) is 24.1 Å². The fourth-order valence-electron chi connectivity index (χ4n) is 6.63. The number of fused-ring (bicyclic) bond motifs is 3. The number of phenolic OH excluding ortho intramolecular Hbond substituents is 1. The zero-order valence-electron chi connectivity index (χ0n) is 21.2. The van der Waals surface area contributed by atoms with Crippen molar-refractivity contribution in [1.29, 1.82) is 0 Å². The van der Waals surface area contributed by atoms with Crippen LogP contribution in [-0.4, -0.2) is 76.9 Å². The SMILES string of the molecule is CNCc1ccc(-c2ccc(O)c3c2C[C@H]2C[C@H]4[C@H](N(C)C)C(=O)C(C(N)=O)C(=O)[C@@]4(O)C(=O)C2C3=O)o1. The lowest BCUT2D eigenvalue weighted by atomic mass is 9.52. The van der Waals surface area contributed by atoms with E-state index < -0.39 is 64.4 Å². The molecule has 0 radical (unpaired) electrons. The molecule has 1 heterocycles. The van der Waals surface area contributed by atoms with E-state index in [9.17, 15) is 34.2 Å². The van der Waals surface area contributed by atoms with Gasteiger partial charge in [-0.3, -0.25) is 28.9 Å². The molecule has 1 amide bonds. The molecule has 6 atom stereocenters. The number of ketones is 4. The number of aromatic hydroxyl groups is 1. The lowest BCUT2D eigenvalue weighted by Crippen LogP contribution is -2.74. The number of nitrogens with two attached hydrogens (primary N) is 1. The van der Waals surface area contributed by atoms with Crippen LogP contribution in [-0.2, 0) is 32.1 Å². The second-order valence-electron chi connectivity index (χ2n) is 10.6. The van der Waals surface area contributed by atoms with Crippen LogP contribution in [0, 0.1) is 23.7 Å². The number of primary amides is 1. The lowest BCUT2D eigenvalue weighted by molar-refractivity contribution is -0.181. The summed E-state index contributed by atoms with van der Waals surface area (Å²) in [5.41, 5.74) is 3.59. The topological polar surface area (TPSA) is 180 Å². The largest absolute Gasteiger partial charge is 0.507 e. The molecule has 3 aliphatic carbocycles. The van der Waals surface area contributed by atoms with Gasteiger partial charge >= 0.3 is 0 Å². The molecule has 5 rings (SSSR count). The van der Waals surface area contributed by atoms with Gasteiger partial charge in [0, 0.05) is 11.5 Å². The van der Waals surface area contributed by atoms with Crippen LogP contribution in [0.1, 0.15) is 28.1 Å². The number of hydrogen-bond acceptors (Lipinski definition) is 10. The lowest BCUT2D eigenvalue weighted by Gasteiger charge is -2.52. The summed E-state index contributed by atoms with van der Waals surface area (Å²) >= 11 is 0. The molecule has 11 heteroatoms. The van der Waals surface area contributed by atoms with E-state index in [1.165, 1.54) is 11.0 Å². The van der Waals surface area contributed by atoms with Crippen molar-refractivity contribution in [2.24, 2.45) is 29.4 Å². The van der Waals surface area contributed by atoms with E-state index in [4.69, 9.17) is 10.2 Å². The number of furan rings is 1. The molecule has 38 heavy (non-hydrogen) atoms. The Hall–Kier alpha value is -3.67. The molecule has 0 bridgehead atoms. The molecule has 0 spiro atoms. The number of likely N-dealkylation sites (N-methyl/N-ethyl adjacent to an activating group) is 1. The van der Waals surface area contributed by atoms with Gasteiger partial charge in [-0.2, -0.15) is 0 Å². The van der Waals surface area contributed by atoms with Crippen LogP contribution in [0.2, 0.25) is 0 Å². The van der Waals surface area contributed by atoms with Crippen molar-refractivity contribution in [1.82, 2.24) is 10.2 Å². The minimum absolute atomic E-state index is 0.0118. The van der Waals surface area contributed by atoms with E-state index >= 15 is 0 Å². The van der Waals surface area contributed by atoms with Gasteiger partial charge in [-0.25, -0.2) is 0 Å². The van der Waals surface area contributed by atoms with E-state index in [1.807, 2.05) is 0 Å². The number of carbonyl (C=O) groups excluding carboxylic acids is 5. The minimum Gasteiger partial charge on any atom is -0.507 e. The van der Waals surface area contributed by atoms with E-state index in [2.05, 4.69) is 5.32 Å². The van der Waals surface area contributed by atoms with Crippen molar-refractivity contribution in [3.8, 4) is 17.1 Å². The first-order valence-electron chi connectivity index (χ1n) is 12.4. The number of carbonyl (C=O) groups is 5. The van der Waals surface area contributed by atoms with Gasteiger partial charge in [-0.15, -0.1) is 0 Å². The molecule has 0 saturated heterocycles. The van der Waals surface area contributed by atoms with Gasteiger partial charge in [-0.1, -0.05) is 0 Å². The molecule has 1 aromatic heterocycles. The number of rotatable bonds is 5. The highest BCUT2D eigenvalue weighted by Gasteiger charge is 2.69. The van der Waals surface area contributed by atoms with Gasteiger partial charge in [0.25, 0.3) is 0 Å². The summed E-state index contributed by atoms with van der Waals surface area (Å²) in [5, 5.41) is 25.3. The van der Waals surface area contributed by atoms with Gasteiger partial charge in [0.2, 0.25) is 5.91 Å². The Bertz CT molecular complexity index is 1390. The Morgan fingerprint density at radius 3 is 2.50 bits per heavy atom. The molecule has 11 nitrogen and oxygen atoms in total. The van der Waals surface area contributed by atoms with Crippen molar-refractivity contribution < 1.29 is 38.6 Å². The molecule has 2 saturated carbocycles. The number of phenols is 1. The van der Waals surface area contributed by atoms with Gasteiger partial charge in [0.1, 0.15) is 17.3 Å². The van der Waals surface area contributed by atoms with Crippen molar-refractivity contribution in [2.75, 3.05) is 21.1 Å². The zero-order valence-corrected chi connectivity index (χ0v) is 21.2. The average molecular weight is 524 g/mol. The van der Waals surface area contributed by atoms with Crippen molar-refractivity contribution >= 4 is 29.0 Å². The first-order valence-corrected chi connectivity index (χ1v) is 12.4. The van der Waals surface area contributed by atoms with Crippen molar-refractivity contribution in [2.45, 2.75) is 31.0 Å². The predicted octanol–water partition coefficient (Wildman–Crippen LogP) is -0.154. The zero-order chi connectivity index (χ0) is 27.7. The van der Waals surface area contributed by atoms with Crippen LogP contribution in [0.25, 0.3) is 11.3 Å². The first-order chi connectivity index (χ1) is 17.9. The summed E-state index contributed by atoms with van der Waals surface area (Å²) in [5.74, 6) is -9.57. The average Bonchev–Trinajstić information content (AvgIpc) is 3.29. The summed E-state index contributed by atoms with van der Waals surface area (Å²) in [4.78, 5) is 67.6. The van der Waals surface area contributed by atoms with E-state index in [0.717, 1.165) is 0 Å². The molecule has 3 aliphatic rings. The van der Waals surface area contributed by atoms with E-state index in [1.54, 1.807) is 39.3 Å². The highest BCUT2D eigenvalue weighted by Crippen LogP contribution is 2.51. The van der Waals surface area contributed by atoms with Crippen molar-refractivity contribution in [3.05, 3.63) is 41.2 Å². The Kier molecular flexibility index (Phi) is 6.13. The number of nitrogens with one attached hydrogen (secondary N) is 1. The van der Waals surface area contributed by atoms with Crippen LogP contribution >= 0.6 is 0 Å². The Balaban J connectivity index is 1.63. The van der Waals surface area contributed by atoms with Gasteiger partial charge in [-0.05, 0) is 69.7 Å². The molecular formula is C27H29N3O8. The monoisotopic (exact) mass is 523 g/mol. The standard InChI is InChI=1S/C27H29N3O8/c1-29-10-12-4-7-17(38-12)13-5-6-16(31)19-14(13)8-11-9-15-21(30(2)3)23(33)20(26(28)36)25(35)27(15,37)24(34)18(11)22(19)32/h4-7,11,15,18,20-21,29,31,37H,8-10H2,1-3H3,(H2,28,36)/t11-,15-,18?,20?,21-,27-/m0/s1. The Morgan fingerprint density at radius 2 is 1.87 bits per heavy atom. The summed E-state index contributed by atoms with van der Waals surface area (Å²) in [6.07, 6.45) is 0.153. The summed E-state index contributed by atoms with van der Waals surface area (Å²) < 4.78 is 5.92. The molecule has 5 N–H and O–H groups in total. The van der Waals surface area contributed by atoms with Crippen LogP contribution in [0.15, 0.2) is 28.7 Å². The molecule has 200 valence electrons. The van der Waals surface area contributed by atoms with Gasteiger partial charge in [0.15, 0.2) is 34.7 Å². The second-order valence-corrected chi connectivity index (χ2v) is 10.6. The maximum absolute atomic E-state index is 13.9. The second kappa shape index (κ2) is 8.97. The third-order valence-corrected chi connectivity index (χ3v) is 8.22. The molecular weight excluding hydrogens is 494 g/mol. The maximum atomic E-state index is 13.9. The fourth-order valence-corrected chi connectivity index (χ4v) is 6.63. The van der Waals surface area contributed by atoms with Crippen LogP contribution in [0.3, 0.4) is 0 Å².